The van der Waals surface area contributed by atoms with Gasteiger partial charge in [-0.15, -0.1) is 0 Å². The van der Waals surface area contributed by atoms with Crippen LogP contribution in [0.1, 0.15) is 42.4 Å². The predicted octanol–water partition coefficient (Wildman–Crippen LogP) is 2.73. The molecule has 2 rings (SSSR count). The maximum absolute atomic E-state index is 12.1. The maximum atomic E-state index is 12.1. The van der Waals surface area contributed by atoms with Crippen LogP contribution in [0.4, 0.5) is 4.79 Å². The number of aromatic carboxylic acids is 1. The fraction of sp³-hybridized carbons (Fsp3) is 0.500. The summed E-state index contributed by atoms with van der Waals surface area (Å²) in [5.41, 5.74) is 0.669. The number of hydrogen-bond donors (Lipinski definition) is 1. The van der Waals surface area contributed by atoms with Gasteiger partial charge in [0.2, 0.25) is 0 Å². The molecule has 0 saturated carbocycles. The molecule has 2 heterocycles. The van der Waals surface area contributed by atoms with Gasteiger partial charge in [0.1, 0.15) is 5.60 Å². The standard InChI is InChI=1S/C14H17ClN2O4/c1-14(2,3)21-13(20)17-5-4-10-9(7-17)11(15)8(6-16-10)12(18)19/h6H,4-5,7H2,1-3H3,(H,18,19). The van der Waals surface area contributed by atoms with Gasteiger partial charge < -0.3 is 14.7 Å². The maximum Gasteiger partial charge on any atom is 0.410 e. The molecule has 0 radical (unpaired) electrons. The first-order chi connectivity index (χ1) is 9.69. The monoisotopic (exact) mass is 312 g/mol. The average Bonchev–Trinajstić information content (AvgIpc) is 2.36. The molecule has 0 unspecified atom stereocenters. The number of halogens is 1. The number of carboxylic acids is 1. The first-order valence-electron chi connectivity index (χ1n) is 6.56. The van der Waals surface area contributed by atoms with Gasteiger partial charge in [-0.3, -0.25) is 4.98 Å². The minimum Gasteiger partial charge on any atom is -0.478 e. The van der Waals surface area contributed by atoms with Gasteiger partial charge in [-0.2, -0.15) is 0 Å². The van der Waals surface area contributed by atoms with Crippen molar-refractivity contribution in [1.82, 2.24) is 9.88 Å². The van der Waals surface area contributed by atoms with Crippen molar-refractivity contribution in [2.45, 2.75) is 39.3 Å². The molecule has 0 spiro atoms. The van der Waals surface area contributed by atoms with Gasteiger partial charge in [0, 0.05) is 30.4 Å². The highest BCUT2D eigenvalue weighted by Gasteiger charge is 2.29. The lowest BCUT2D eigenvalue weighted by Gasteiger charge is -2.31. The van der Waals surface area contributed by atoms with Crippen molar-refractivity contribution in [3.63, 3.8) is 0 Å². The molecular formula is C14H17ClN2O4. The fourth-order valence-electron chi connectivity index (χ4n) is 2.08. The molecule has 1 aliphatic heterocycles. The third kappa shape index (κ3) is 3.44. The summed E-state index contributed by atoms with van der Waals surface area (Å²) in [5.74, 6) is -1.13. The normalized spacial score (nSPS) is 14.6. The van der Waals surface area contributed by atoms with Crippen LogP contribution in [0.3, 0.4) is 0 Å². The Morgan fingerprint density at radius 2 is 2.10 bits per heavy atom. The molecule has 0 fully saturated rings. The van der Waals surface area contributed by atoms with Crippen molar-refractivity contribution in [3.05, 3.63) is 28.0 Å². The van der Waals surface area contributed by atoms with Crippen LogP contribution in [0.5, 0.6) is 0 Å². The quantitative estimate of drug-likeness (QED) is 0.862. The zero-order valence-corrected chi connectivity index (χ0v) is 12.9. The molecule has 7 heteroatoms. The molecule has 0 aromatic carbocycles. The van der Waals surface area contributed by atoms with E-state index >= 15 is 0 Å². The van der Waals surface area contributed by atoms with Crippen molar-refractivity contribution in [2.24, 2.45) is 0 Å². The van der Waals surface area contributed by atoms with Crippen molar-refractivity contribution < 1.29 is 19.4 Å². The van der Waals surface area contributed by atoms with Crippen LogP contribution >= 0.6 is 11.6 Å². The number of carbonyl (C=O) groups excluding carboxylic acids is 1. The van der Waals surface area contributed by atoms with E-state index in [0.29, 0.717) is 18.5 Å². The molecule has 0 saturated heterocycles. The number of carbonyl (C=O) groups is 2. The van der Waals surface area contributed by atoms with Gasteiger partial charge in [-0.05, 0) is 20.8 Å². The van der Waals surface area contributed by atoms with Crippen LogP contribution in [0.2, 0.25) is 5.02 Å². The molecule has 1 aromatic heterocycles. The number of fused-ring (bicyclic) bond motifs is 1. The zero-order chi connectivity index (χ0) is 15.8. The molecule has 0 atom stereocenters. The Balaban J connectivity index is 2.25. The third-order valence-corrected chi connectivity index (χ3v) is 3.48. The van der Waals surface area contributed by atoms with Crippen LogP contribution in [0, 0.1) is 0 Å². The number of hydrogen-bond acceptors (Lipinski definition) is 4. The van der Waals surface area contributed by atoms with E-state index in [2.05, 4.69) is 4.98 Å². The van der Waals surface area contributed by atoms with Gasteiger partial charge in [-0.1, -0.05) is 11.6 Å². The Hall–Kier alpha value is -1.82. The highest BCUT2D eigenvalue weighted by molar-refractivity contribution is 6.34. The molecular weight excluding hydrogens is 296 g/mol. The minimum atomic E-state index is -1.13. The Bertz CT molecular complexity index is 595. The topological polar surface area (TPSA) is 79.7 Å². The summed E-state index contributed by atoms with van der Waals surface area (Å²) in [6.07, 6.45) is 1.34. The van der Waals surface area contributed by atoms with Crippen molar-refractivity contribution >= 4 is 23.7 Å². The van der Waals surface area contributed by atoms with Crippen LogP contribution in [0.15, 0.2) is 6.20 Å². The minimum absolute atomic E-state index is 0.0542. The summed E-state index contributed by atoms with van der Waals surface area (Å²) in [6, 6.07) is 0. The lowest BCUT2D eigenvalue weighted by molar-refractivity contribution is 0.0223. The summed E-state index contributed by atoms with van der Waals surface area (Å²) in [5, 5.41) is 9.21. The molecule has 0 bridgehead atoms. The van der Waals surface area contributed by atoms with Crippen molar-refractivity contribution in [2.75, 3.05) is 6.54 Å². The van der Waals surface area contributed by atoms with Gasteiger partial charge in [0.05, 0.1) is 17.1 Å². The number of carboxylic acid groups (broad SMARTS) is 1. The van der Waals surface area contributed by atoms with Crippen LogP contribution in [0.25, 0.3) is 0 Å². The van der Waals surface area contributed by atoms with E-state index in [1.54, 1.807) is 20.8 Å². The van der Waals surface area contributed by atoms with E-state index in [-0.39, 0.29) is 17.1 Å². The number of nitrogens with zero attached hydrogens (tertiary/aromatic N) is 2. The molecule has 114 valence electrons. The number of rotatable bonds is 1. The Morgan fingerprint density at radius 1 is 1.43 bits per heavy atom. The summed E-state index contributed by atoms with van der Waals surface area (Å²) in [4.78, 5) is 28.8. The second-order valence-corrected chi connectivity index (χ2v) is 6.25. The van der Waals surface area contributed by atoms with Crippen molar-refractivity contribution in [1.29, 1.82) is 0 Å². The number of amides is 1. The van der Waals surface area contributed by atoms with E-state index in [4.69, 9.17) is 21.4 Å². The smallest absolute Gasteiger partial charge is 0.410 e. The Kier molecular flexibility index (Phi) is 4.09. The van der Waals surface area contributed by atoms with Crippen LogP contribution in [-0.4, -0.2) is 39.2 Å². The van der Waals surface area contributed by atoms with Gasteiger partial charge in [-0.25, -0.2) is 9.59 Å². The summed E-state index contributed by atoms with van der Waals surface area (Å²) in [6.45, 7) is 6.05. The lowest BCUT2D eigenvalue weighted by Crippen LogP contribution is -2.40. The average molecular weight is 313 g/mol. The van der Waals surface area contributed by atoms with Gasteiger partial charge in [0.15, 0.2) is 0 Å². The predicted molar refractivity (Wildman–Crippen MR) is 76.6 cm³/mol. The first-order valence-corrected chi connectivity index (χ1v) is 6.94. The molecule has 0 aliphatic carbocycles. The zero-order valence-electron chi connectivity index (χ0n) is 12.1. The van der Waals surface area contributed by atoms with Crippen LogP contribution in [-0.2, 0) is 17.7 Å². The highest BCUT2D eigenvalue weighted by atomic mass is 35.5. The van der Waals surface area contributed by atoms with E-state index in [1.807, 2.05) is 0 Å². The molecule has 1 amide bonds. The molecule has 6 nitrogen and oxygen atoms in total. The molecule has 1 aromatic rings. The largest absolute Gasteiger partial charge is 0.478 e. The highest BCUT2D eigenvalue weighted by Crippen LogP contribution is 2.28. The summed E-state index contributed by atoms with van der Waals surface area (Å²) in [7, 11) is 0. The van der Waals surface area contributed by atoms with E-state index in [0.717, 1.165) is 5.69 Å². The fourth-order valence-corrected chi connectivity index (χ4v) is 2.38. The number of ether oxygens (including phenoxy) is 1. The second kappa shape index (κ2) is 5.52. The van der Waals surface area contributed by atoms with E-state index in [1.165, 1.54) is 11.1 Å². The lowest BCUT2D eigenvalue weighted by atomic mass is 10.0. The van der Waals surface area contributed by atoms with E-state index < -0.39 is 17.7 Å². The van der Waals surface area contributed by atoms with Crippen LogP contribution < -0.4 is 0 Å². The summed E-state index contributed by atoms with van der Waals surface area (Å²) < 4.78 is 5.32. The molecule has 1 aliphatic rings. The summed E-state index contributed by atoms with van der Waals surface area (Å²) >= 11 is 6.13. The van der Waals surface area contributed by atoms with Gasteiger partial charge in [0.25, 0.3) is 0 Å². The number of pyridine rings is 1. The Morgan fingerprint density at radius 3 is 2.67 bits per heavy atom. The van der Waals surface area contributed by atoms with Crippen molar-refractivity contribution in [3.8, 4) is 0 Å². The number of aromatic nitrogens is 1. The third-order valence-electron chi connectivity index (χ3n) is 3.05. The van der Waals surface area contributed by atoms with Gasteiger partial charge >= 0.3 is 12.1 Å². The molecule has 21 heavy (non-hydrogen) atoms. The van der Waals surface area contributed by atoms with E-state index in [9.17, 15) is 9.59 Å². The molecule has 1 N–H and O–H groups in total. The first kappa shape index (κ1) is 15.6. The Labute approximate surface area is 127 Å². The second-order valence-electron chi connectivity index (χ2n) is 5.87. The SMILES string of the molecule is CC(C)(C)OC(=O)N1CCc2ncc(C(=O)O)c(Cl)c2C1.